The van der Waals surface area contributed by atoms with Crippen molar-refractivity contribution >= 4 is 17.7 Å². The Labute approximate surface area is 167 Å². The van der Waals surface area contributed by atoms with Gasteiger partial charge in [-0.15, -0.1) is 0 Å². The van der Waals surface area contributed by atoms with E-state index in [2.05, 4.69) is 10.3 Å². The normalized spacial score (nSPS) is 21.4. The molecule has 4 heterocycles. The Morgan fingerprint density at radius 1 is 1.21 bits per heavy atom. The van der Waals surface area contributed by atoms with E-state index < -0.39 is 0 Å². The Morgan fingerprint density at radius 2 is 2.11 bits per heavy atom. The van der Waals surface area contributed by atoms with Crippen LogP contribution in [0.1, 0.15) is 58.8 Å². The fourth-order valence-electron chi connectivity index (χ4n) is 4.56. The van der Waals surface area contributed by atoms with Gasteiger partial charge < -0.3 is 9.42 Å². The summed E-state index contributed by atoms with van der Waals surface area (Å²) < 4.78 is 7.02. The minimum absolute atomic E-state index is 0.0296. The van der Waals surface area contributed by atoms with Crippen LogP contribution in [0.25, 0.3) is 0 Å². The number of carbonyl (C=O) groups excluding carboxylic acids is 1. The lowest BCUT2D eigenvalue weighted by Crippen LogP contribution is -2.41. The molecule has 7 nitrogen and oxygen atoms in total. The molecule has 8 heteroatoms. The molecule has 1 aliphatic carbocycles. The van der Waals surface area contributed by atoms with Crippen molar-refractivity contribution in [3.05, 3.63) is 44.7 Å². The van der Waals surface area contributed by atoms with Crippen LogP contribution in [0.2, 0.25) is 0 Å². The van der Waals surface area contributed by atoms with Gasteiger partial charge in [0.15, 0.2) is 0 Å². The number of rotatable bonds is 3. The van der Waals surface area contributed by atoms with Gasteiger partial charge in [-0.1, -0.05) is 5.16 Å². The Morgan fingerprint density at radius 3 is 3.04 bits per heavy atom. The van der Waals surface area contributed by atoms with Crippen LogP contribution in [0.4, 0.5) is 0 Å². The number of likely N-dealkylation sites (tertiary alicyclic amines) is 1. The Bertz CT molecular complexity index is 967. The first-order chi connectivity index (χ1) is 13.7. The SMILES string of the molecule is O=C(c1onc2c1CCCC2)N1CCCC1Cn1nc2c(cc1=O)CSCC2. The summed E-state index contributed by atoms with van der Waals surface area (Å²) in [6.45, 7) is 1.14. The number of fused-ring (bicyclic) bond motifs is 2. The largest absolute Gasteiger partial charge is 0.350 e. The zero-order valence-corrected chi connectivity index (χ0v) is 16.7. The van der Waals surface area contributed by atoms with Crippen molar-refractivity contribution in [3.63, 3.8) is 0 Å². The smallest absolute Gasteiger partial charge is 0.293 e. The van der Waals surface area contributed by atoms with E-state index in [0.717, 1.165) is 79.0 Å². The van der Waals surface area contributed by atoms with E-state index in [4.69, 9.17) is 4.52 Å². The molecule has 2 aromatic heterocycles. The monoisotopic (exact) mass is 400 g/mol. The predicted molar refractivity (Wildman–Crippen MR) is 106 cm³/mol. The van der Waals surface area contributed by atoms with Crippen LogP contribution in [0.5, 0.6) is 0 Å². The molecule has 148 valence electrons. The van der Waals surface area contributed by atoms with Crippen molar-refractivity contribution in [3.8, 4) is 0 Å². The molecule has 28 heavy (non-hydrogen) atoms. The molecule has 0 saturated carbocycles. The maximum atomic E-state index is 13.2. The van der Waals surface area contributed by atoms with Crippen molar-refractivity contribution in [2.75, 3.05) is 12.3 Å². The summed E-state index contributed by atoms with van der Waals surface area (Å²) in [4.78, 5) is 27.6. The van der Waals surface area contributed by atoms with E-state index in [-0.39, 0.29) is 17.5 Å². The third kappa shape index (κ3) is 3.17. The van der Waals surface area contributed by atoms with Gasteiger partial charge in [0.25, 0.3) is 11.5 Å². The summed E-state index contributed by atoms with van der Waals surface area (Å²) in [5.74, 6) is 2.23. The van der Waals surface area contributed by atoms with Crippen molar-refractivity contribution in [1.82, 2.24) is 19.8 Å². The maximum Gasteiger partial charge on any atom is 0.293 e. The van der Waals surface area contributed by atoms with Crippen molar-refractivity contribution in [2.45, 2.75) is 63.3 Å². The molecule has 1 fully saturated rings. The molecule has 0 aromatic carbocycles. The number of hydrogen-bond acceptors (Lipinski definition) is 6. The summed E-state index contributed by atoms with van der Waals surface area (Å²) >= 11 is 1.84. The van der Waals surface area contributed by atoms with E-state index in [1.54, 1.807) is 10.7 Å². The molecule has 1 unspecified atom stereocenters. The molecule has 1 saturated heterocycles. The molecular weight excluding hydrogens is 376 g/mol. The zero-order chi connectivity index (χ0) is 19.1. The van der Waals surface area contributed by atoms with Crippen LogP contribution in [-0.2, 0) is 31.6 Å². The fourth-order valence-corrected chi connectivity index (χ4v) is 5.52. The van der Waals surface area contributed by atoms with Gasteiger partial charge in [-0.2, -0.15) is 16.9 Å². The van der Waals surface area contributed by atoms with E-state index in [1.807, 2.05) is 16.7 Å². The van der Waals surface area contributed by atoms with Crippen LogP contribution in [-0.4, -0.2) is 44.1 Å². The Kier molecular flexibility index (Phi) is 4.74. The van der Waals surface area contributed by atoms with Crippen LogP contribution < -0.4 is 5.56 Å². The number of hydrogen-bond donors (Lipinski definition) is 0. The highest BCUT2D eigenvalue weighted by atomic mass is 32.2. The average Bonchev–Trinajstić information content (AvgIpc) is 3.35. The molecule has 3 aliphatic rings. The lowest BCUT2D eigenvalue weighted by Gasteiger charge is -2.25. The molecule has 1 atom stereocenters. The van der Waals surface area contributed by atoms with Gasteiger partial charge in [0.05, 0.1) is 24.0 Å². The van der Waals surface area contributed by atoms with Gasteiger partial charge in [0, 0.05) is 30.3 Å². The standard InChI is InChI=1S/C20H24N4O3S/c25-18-10-13-12-28-9-7-16(13)21-24(18)11-14-4-3-8-23(14)20(26)19-15-5-1-2-6-17(15)22-27-19/h10,14H,1-9,11-12H2. The first kappa shape index (κ1) is 18.0. The molecular formula is C20H24N4O3S. The third-order valence-electron chi connectivity index (χ3n) is 6.08. The molecule has 2 aliphatic heterocycles. The Balaban J connectivity index is 1.38. The van der Waals surface area contributed by atoms with Gasteiger partial charge in [0.2, 0.25) is 5.76 Å². The lowest BCUT2D eigenvalue weighted by atomic mass is 9.96. The summed E-state index contributed by atoms with van der Waals surface area (Å²) in [5.41, 5.74) is 3.94. The van der Waals surface area contributed by atoms with Gasteiger partial charge in [-0.3, -0.25) is 9.59 Å². The molecule has 5 rings (SSSR count). The molecule has 0 spiro atoms. The van der Waals surface area contributed by atoms with Crippen LogP contribution in [0, 0.1) is 0 Å². The van der Waals surface area contributed by atoms with Gasteiger partial charge in [0.1, 0.15) is 0 Å². The summed E-state index contributed by atoms with van der Waals surface area (Å²) in [6, 6.07) is 1.70. The average molecular weight is 401 g/mol. The van der Waals surface area contributed by atoms with Crippen molar-refractivity contribution in [1.29, 1.82) is 0 Å². The summed E-state index contributed by atoms with van der Waals surface area (Å²) in [5, 5.41) is 8.75. The lowest BCUT2D eigenvalue weighted by molar-refractivity contribution is 0.0676. The number of aryl methyl sites for hydroxylation is 2. The van der Waals surface area contributed by atoms with Crippen LogP contribution in [0.15, 0.2) is 15.4 Å². The van der Waals surface area contributed by atoms with E-state index in [1.165, 1.54) is 0 Å². The van der Waals surface area contributed by atoms with Crippen LogP contribution >= 0.6 is 11.8 Å². The minimum Gasteiger partial charge on any atom is -0.350 e. The quantitative estimate of drug-likeness (QED) is 0.786. The highest BCUT2D eigenvalue weighted by molar-refractivity contribution is 7.98. The number of aromatic nitrogens is 3. The Hall–Kier alpha value is -2.09. The molecule has 2 aromatic rings. The second kappa shape index (κ2) is 7.39. The highest BCUT2D eigenvalue weighted by Gasteiger charge is 2.35. The second-order valence-electron chi connectivity index (χ2n) is 7.88. The topological polar surface area (TPSA) is 81.2 Å². The van der Waals surface area contributed by atoms with E-state index >= 15 is 0 Å². The maximum absolute atomic E-state index is 13.2. The molecule has 0 radical (unpaired) electrons. The van der Waals surface area contributed by atoms with Gasteiger partial charge in [-0.05, 0) is 49.8 Å². The molecule has 0 N–H and O–H groups in total. The van der Waals surface area contributed by atoms with Crippen LogP contribution in [0.3, 0.4) is 0 Å². The second-order valence-corrected chi connectivity index (χ2v) is 8.98. The first-order valence-corrected chi connectivity index (χ1v) is 11.3. The van der Waals surface area contributed by atoms with E-state index in [0.29, 0.717) is 18.8 Å². The summed E-state index contributed by atoms with van der Waals surface area (Å²) in [7, 11) is 0. The third-order valence-corrected chi connectivity index (χ3v) is 7.09. The summed E-state index contributed by atoms with van der Waals surface area (Å²) in [6.07, 6.45) is 6.64. The van der Waals surface area contributed by atoms with E-state index in [9.17, 15) is 9.59 Å². The zero-order valence-electron chi connectivity index (χ0n) is 15.9. The number of nitrogens with zero attached hydrogens (tertiary/aromatic N) is 4. The first-order valence-electron chi connectivity index (χ1n) is 10.2. The minimum atomic E-state index is -0.0828. The number of carbonyl (C=O) groups is 1. The molecule has 1 amide bonds. The van der Waals surface area contributed by atoms with Gasteiger partial charge in [-0.25, -0.2) is 4.68 Å². The van der Waals surface area contributed by atoms with Crippen molar-refractivity contribution < 1.29 is 9.32 Å². The van der Waals surface area contributed by atoms with Crippen molar-refractivity contribution in [2.24, 2.45) is 0 Å². The number of amides is 1. The number of thioether (sulfide) groups is 1. The van der Waals surface area contributed by atoms with Gasteiger partial charge >= 0.3 is 0 Å². The predicted octanol–water partition coefficient (Wildman–Crippen LogP) is 2.20. The highest BCUT2D eigenvalue weighted by Crippen LogP contribution is 2.28. The molecule has 0 bridgehead atoms. The fraction of sp³-hybridized carbons (Fsp3) is 0.600.